The molecule has 4 nitrogen and oxygen atoms in total. The molecule has 1 aliphatic carbocycles. The molecule has 25 heavy (non-hydrogen) atoms. The van der Waals surface area contributed by atoms with Crippen molar-refractivity contribution in [3.05, 3.63) is 83.7 Å². The summed E-state index contributed by atoms with van der Waals surface area (Å²) in [4.78, 5) is 21.0. The van der Waals surface area contributed by atoms with Crippen LogP contribution in [0.15, 0.2) is 67.0 Å². The molecule has 2 atom stereocenters. The summed E-state index contributed by atoms with van der Waals surface area (Å²) in [7, 11) is 0. The first-order valence-electron chi connectivity index (χ1n) is 8.35. The number of primary amides is 1. The van der Waals surface area contributed by atoms with Crippen LogP contribution in [0.1, 0.15) is 29.0 Å². The van der Waals surface area contributed by atoms with Crippen LogP contribution in [0.3, 0.4) is 0 Å². The van der Waals surface area contributed by atoms with Crippen LogP contribution in [0.25, 0.3) is 11.4 Å². The van der Waals surface area contributed by atoms with Gasteiger partial charge in [0, 0.05) is 23.9 Å². The van der Waals surface area contributed by atoms with Crippen LogP contribution in [-0.4, -0.2) is 15.9 Å². The molecule has 2 unspecified atom stereocenters. The third-order valence-electron chi connectivity index (χ3n) is 5.04. The number of aromatic nitrogens is 2. The molecule has 3 aromatic rings. The van der Waals surface area contributed by atoms with Crippen molar-refractivity contribution in [2.45, 2.75) is 24.7 Å². The van der Waals surface area contributed by atoms with Crippen LogP contribution >= 0.6 is 0 Å². The number of hydrogen-bond acceptors (Lipinski definition) is 3. The van der Waals surface area contributed by atoms with Crippen molar-refractivity contribution in [2.75, 3.05) is 0 Å². The number of hydrogen-bond donors (Lipinski definition) is 1. The van der Waals surface area contributed by atoms with E-state index in [1.165, 1.54) is 0 Å². The molecule has 1 saturated carbocycles. The summed E-state index contributed by atoms with van der Waals surface area (Å²) in [5.74, 6) is 0.564. The van der Waals surface area contributed by atoms with Crippen molar-refractivity contribution < 1.29 is 4.79 Å². The summed E-state index contributed by atoms with van der Waals surface area (Å²) >= 11 is 0. The van der Waals surface area contributed by atoms with Gasteiger partial charge < -0.3 is 5.73 Å². The lowest BCUT2D eigenvalue weighted by Gasteiger charge is -2.15. The first-order valence-corrected chi connectivity index (χ1v) is 8.35. The third-order valence-corrected chi connectivity index (χ3v) is 5.04. The molecule has 0 saturated heterocycles. The van der Waals surface area contributed by atoms with Gasteiger partial charge in [-0.15, -0.1) is 0 Å². The lowest BCUT2D eigenvalue weighted by molar-refractivity contribution is -0.120. The van der Waals surface area contributed by atoms with E-state index < -0.39 is 5.41 Å². The number of nitrogens with zero attached hydrogens (tertiary/aromatic N) is 2. The summed E-state index contributed by atoms with van der Waals surface area (Å²) in [5, 5.41) is 0. The monoisotopic (exact) mass is 329 g/mol. The number of carbonyl (C=O) groups is 1. The highest BCUT2D eigenvalue weighted by Gasteiger charge is 2.60. The fraction of sp³-hybridized carbons (Fsp3) is 0.190. The third kappa shape index (κ3) is 2.60. The molecule has 2 N–H and O–H groups in total. The lowest BCUT2D eigenvalue weighted by atomic mass is 9.89. The molecule has 1 aliphatic rings. The van der Waals surface area contributed by atoms with Gasteiger partial charge in [0.15, 0.2) is 5.82 Å². The van der Waals surface area contributed by atoms with Crippen LogP contribution in [0.5, 0.6) is 0 Å². The van der Waals surface area contributed by atoms with Gasteiger partial charge in [-0.2, -0.15) is 0 Å². The van der Waals surface area contributed by atoms with Gasteiger partial charge in [0.2, 0.25) is 5.91 Å². The minimum atomic E-state index is -0.603. The minimum absolute atomic E-state index is 0.146. The highest BCUT2D eigenvalue weighted by Crippen LogP contribution is 2.60. The first-order chi connectivity index (χ1) is 12.1. The molecule has 1 aromatic heterocycles. The van der Waals surface area contributed by atoms with E-state index >= 15 is 0 Å². The normalized spacial score (nSPS) is 21.7. The average Bonchev–Trinajstić information content (AvgIpc) is 3.41. The maximum absolute atomic E-state index is 12.3. The summed E-state index contributed by atoms with van der Waals surface area (Å²) in [6, 6.07) is 18.0. The SMILES string of the molecule is Cc1cnc(-c2ccc(C3(C(N)=O)CC3c3ccccc3)cc2)nc1. The minimum Gasteiger partial charge on any atom is -0.369 e. The molecule has 4 heteroatoms. The van der Waals surface area contributed by atoms with Crippen LogP contribution in [0, 0.1) is 6.92 Å². The zero-order valence-electron chi connectivity index (χ0n) is 14.0. The van der Waals surface area contributed by atoms with Crippen LogP contribution in [0.4, 0.5) is 0 Å². The van der Waals surface area contributed by atoms with E-state index in [2.05, 4.69) is 22.1 Å². The zero-order valence-corrected chi connectivity index (χ0v) is 14.0. The van der Waals surface area contributed by atoms with Crippen molar-refractivity contribution in [1.82, 2.24) is 9.97 Å². The fourth-order valence-electron chi connectivity index (χ4n) is 3.54. The number of carbonyl (C=O) groups excluding carboxylic acids is 1. The predicted octanol–water partition coefficient (Wildman–Crippen LogP) is 3.36. The molecule has 1 fully saturated rings. The maximum atomic E-state index is 12.3. The van der Waals surface area contributed by atoms with Crippen LogP contribution in [0.2, 0.25) is 0 Å². The van der Waals surface area contributed by atoms with Gasteiger partial charge in [-0.05, 0) is 30.0 Å². The number of benzene rings is 2. The number of amides is 1. The van der Waals surface area contributed by atoms with Crippen LogP contribution < -0.4 is 5.73 Å². The van der Waals surface area contributed by atoms with Crippen molar-refractivity contribution in [3.63, 3.8) is 0 Å². The average molecular weight is 329 g/mol. The van der Waals surface area contributed by atoms with Crippen molar-refractivity contribution in [1.29, 1.82) is 0 Å². The molecule has 1 amide bonds. The number of aryl methyl sites for hydroxylation is 1. The van der Waals surface area contributed by atoms with Gasteiger partial charge >= 0.3 is 0 Å². The second-order valence-corrected chi connectivity index (χ2v) is 6.66. The Morgan fingerprint density at radius 2 is 1.68 bits per heavy atom. The van der Waals surface area contributed by atoms with Crippen molar-refractivity contribution >= 4 is 5.91 Å². The van der Waals surface area contributed by atoms with Gasteiger partial charge in [0.1, 0.15) is 0 Å². The predicted molar refractivity (Wildman–Crippen MR) is 96.9 cm³/mol. The lowest BCUT2D eigenvalue weighted by Crippen LogP contribution is -2.30. The van der Waals surface area contributed by atoms with Crippen LogP contribution in [-0.2, 0) is 10.2 Å². The molecule has 4 rings (SSSR count). The quantitative estimate of drug-likeness (QED) is 0.798. The van der Waals surface area contributed by atoms with E-state index in [0.717, 1.165) is 28.7 Å². The summed E-state index contributed by atoms with van der Waals surface area (Å²) in [5.41, 5.74) is 9.27. The van der Waals surface area contributed by atoms with Gasteiger partial charge in [-0.25, -0.2) is 9.97 Å². The topological polar surface area (TPSA) is 68.9 Å². The van der Waals surface area contributed by atoms with E-state index in [9.17, 15) is 4.79 Å². The Kier molecular flexibility index (Phi) is 3.61. The standard InChI is InChI=1S/C21H19N3O/c1-14-12-23-19(24-13-14)16-7-9-17(10-8-16)21(20(22)25)11-18(21)15-5-3-2-4-6-15/h2-10,12-13,18H,11H2,1H3,(H2,22,25). The largest absolute Gasteiger partial charge is 0.369 e. The Morgan fingerprint density at radius 3 is 2.28 bits per heavy atom. The maximum Gasteiger partial charge on any atom is 0.228 e. The molecular weight excluding hydrogens is 310 g/mol. The Hall–Kier alpha value is -3.01. The highest BCUT2D eigenvalue weighted by molar-refractivity contribution is 5.92. The molecule has 2 aromatic carbocycles. The Morgan fingerprint density at radius 1 is 1.04 bits per heavy atom. The number of nitrogens with two attached hydrogens (primary N) is 1. The highest BCUT2D eigenvalue weighted by atomic mass is 16.1. The van der Waals surface area contributed by atoms with E-state index in [-0.39, 0.29) is 11.8 Å². The Labute approximate surface area is 146 Å². The molecular formula is C21H19N3O. The molecule has 0 radical (unpaired) electrons. The molecule has 0 bridgehead atoms. The Balaban J connectivity index is 1.66. The van der Waals surface area contributed by atoms with Crippen molar-refractivity contribution in [2.24, 2.45) is 5.73 Å². The zero-order chi connectivity index (χ0) is 17.4. The summed E-state index contributed by atoms with van der Waals surface area (Å²) in [6.45, 7) is 1.96. The van der Waals surface area contributed by atoms with E-state index in [1.807, 2.05) is 49.4 Å². The van der Waals surface area contributed by atoms with E-state index in [0.29, 0.717) is 5.82 Å². The molecule has 124 valence electrons. The summed E-state index contributed by atoms with van der Waals surface area (Å²) in [6.07, 6.45) is 4.35. The van der Waals surface area contributed by atoms with Crippen molar-refractivity contribution in [3.8, 4) is 11.4 Å². The van der Waals surface area contributed by atoms with E-state index in [1.54, 1.807) is 12.4 Å². The van der Waals surface area contributed by atoms with E-state index in [4.69, 9.17) is 5.73 Å². The van der Waals surface area contributed by atoms with Gasteiger partial charge in [0.05, 0.1) is 5.41 Å². The molecule has 1 heterocycles. The Bertz CT molecular complexity index is 904. The first kappa shape index (κ1) is 15.5. The second kappa shape index (κ2) is 5.81. The smallest absolute Gasteiger partial charge is 0.228 e. The number of rotatable bonds is 4. The fourth-order valence-corrected chi connectivity index (χ4v) is 3.54. The van der Waals surface area contributed by atoms with Gasteiger partial charge in [0.25, 0.3) is 0 Å². The molecule has 0 spiro atoms. The van der Waals surface area contributed by atoms with Gasteiger partial charge in [-0.3, -0.25) is 4.79 Å². The molecule has 0 aliphatic heterocycles. The second-order valence-electron chi connectivity index (χ2n) is 6.66. The summed E-state index contributed by atoms with van der Waals surface area (Å²) < 4.78 is 0. The van der Waals surface area contributed by atoms with Gasteiger partial charge in [-0.1, -0.05) is 54.6 Å².